The van der Waals surface area contributed by atoms with Gasteiger partial charge in [0, 0.05) is 49.3 Å². The van der Waals surface area contributed by atoms with Gasteiger partial charge in [-0.2, -0.15) is 16.6 Å². The number of amides is 4. The van der Waals surface area contributed by atoms with E-state index in [1.807, 2.05) is 11.8 Å². The second-order valence-corrected chi connectivity index (χ2v) is 11.2. The average Bonchev–Trinajstić information content (AvgIpc) is 3.52. The van der Waals surface area contributed by atoms with Crippen molar-refractivity contribution in [3.63, 3.8) is 0 Å². The third kappa shape index (κ3) is 12.6. The van der Waals surface area contributed by atoms with Gasteiger partial charge >= 0.3 is 6.03 Å². The zero-order valence-corrected chi connectivity index (χ0v) is 24.3. The fourth-order valence-corrected chi connectivity index (χ4v) is 6.16. The van der Waals surface area contributed by atoms with Gasteiger partial charge in [0.05, 0.1) is 44.1 Å². The van der Waals surface area contributed by atoms with E-state index < -0.39 is 0 Å². The minimum Gasteiger partial charge on any atom is -0.379 e. The number of carbonyl (C=O) groups is 3. The van der Waals surface area contributed by atoms with Crippen LogP contribution in [0.3, 0.4) is 0 Å². The average molecular weight is 591 g/mol. The number of benzene rings is 1. The summed E-state index contributed by atoms with van der Waals surface area (Å²) in [6.07, 6.45) is 6.09. The maximum absolute atomic E-state index is 12.1. The molecule has 2 saturated heterocycles. The molecule has 2 aliphatic rings. The Morgan fingerprint density at radius 1 is 0.976 bits per heavy atom. The lowest BCUT2D eigenvalue weighted by molar-refractivity contribution is -0.121. The summed E-state index contributed by atoms with van der Waals surface area (Å²) in [5.74, 6) is 0.846. The van der Waals surface area contributed by atoms with E-state index in [0.29, 0.717) is 81.9 Å². The van der Waals surface area contributed by atoms with E-state index in [1.54, 1.807) is 24.3 Å². The first-order valence-corrected chi connectivity index (χ1v) is 15.4. The molecule has 4 N–H and O–H groups in total. The third-order valence-corrected chi connectivity index (χ3v) is 8.23. The molecule has 0 aromatic heterocycles. The van der Waals surface area contributed by atoms with Crippen LogP contribution in [0, 0.1) is 0 Å². The van der Waals surface area contributed by atoms with Crippen LogP contribution in [0.1, 0.15) is 54.4 Å². The van der Waals surface area contributed by atoms with Crippen molar-refractivity contribution in [1.82, 2.24) is 21.3 Å². The van der Waals surface area contributed by atoms with Crippen molar-refractivity contribution in [2.24, 2.45) is 0 Å². The van der Waals surface area contributed by atoms with E-state index in [-0.39, 0.29) is 29.9 Å². The fraction of sp³-hybridized carbons (Fsp3) is 0.643. The van der Waals surface area contributed by atoms with E-state index in [9.17, 15) is 14.4 Å². The molecule has 3 rings (SSSR count). The molecule has 0 saturated carbocycles. The van der Waals surface area contributed by atoms with Crippen LogP contribution in [-0.2, 0) is 19.0 Å². The molecule has 3 atom stereocenters. The number of hydrogen-bond acceptors (Lipinski definition) is 7. The first kappa shape index (κ1) is 32.6. The van der Waals surface area contributed by atoms with Crippen LogP contribution in [0.4, 0.5) is 4.79 Å². The standard InChI is InChI=1S/C28H42N6O6S/c29-32-19-21-6-3-7-22(18-21)27(36)31-11-5-13-39-15-17-40-16-14-38-12-4-10-30-25(35)9-2-1-8-24-26-23(20-41-24)33-28(37)34-26/h3,6-7,18-19,23-24,26H,1-2,4-5,8-17,20H2,(H,30,35)(H,31,36)(H2,33,34,37)/t23-,24?,26-/m0/s1. The Labute approximate surface area is 245 Å². The summed E-state index contributed by atoms with van der Waals surface area (Å²) in [6.45, 7) is 4.07. The van der Waals surface area contributed by atoms with Crippen molar-refractivity contribution < 1.29 is 33.4 Å². The Bertz CT molecular complexity index is 1020. The zero-order valence-electron chi connectivity index (χ0n) is 23.5. The first-order valence-electron chi connectivity index (χ1n) is 14.3. The number of fused-ring (bicyclic) bond motifs is 1. The predicted molar refractivity (Wildman–Crippen MR) is 156 cm³/mol. The molecule has 12 nitrogen and oxygen atoms in total. The van der Waals surface area contributed by atoms with Crippen LogP contribution >= 0.6 is 11.8 Å². The lowest BCUT2D eigenvalue weighted by Crippen LogP contribution is -2.36. The molecule has 0 radical (unpaired) electrons. The van der Waals surface area contributed by atoms with Crippen LogP contribution in [0.2, 0.25) is 0 Å². The molecule has 41 heavy (non-hydrogen) atoms. The summed E-state index contributed by atoms with van der Waals surface area (Å²) in [6, 6.07) is 7.24. The molecule has 0 spiro atoms. The maximum Gasteiger partial charge on any atom is 0.315 e. The van der Waals surface area contributed by atoms with Gasteiger partial charge < -0.3 is 41.0 Å². The highest BCUT2D eigenvalue weighted by Crippen LogP contribution is 2.33. The summed E-state index contributed by atoms with van der Waals surface area (Å²) in [4.78, 5) is 38.6. The largest absolute Gasteiger partial charge is 0.379 e. The minimum atomic E-state index is -0.188. The lowest BCUT2D eigenvalue weighted by atomic mass is 10.0. The molecule has 13 heteroatoms. The Kier molecular flexibility index (Phi) is 15.3. The number of thioether (sulfide) groups is 1. The van der Waals surface area contributed by atoms with Gasteiger partial charge in [-0.05, 0) is 43.9 Å². The van der Waals surface area contributed by atoms with Crippen LogP contribution < -0.4 is 21.3 Å². The number of ether oxygens (including phenoxy) is 3. The monoisotopic (exact) mass is 590 g/mol. The van der Waals surface area contributed by atoms with Gasteiger partial charge in [-0.25, -0.2) is 4.79 Å². The number of nitrogens with zero attached hydrogens (tertiary/aromatic N) is 2. The maximum atomic E-state index is 12.1. The van der Waals surface area contributed by atoms with Gasteiger partial charge in [-0.1, -0.05) is 12.5 Å². The summed E-state index contributed by atoms with van der Waals surface area (Å²) < 4.78 is 16.5. The zero-order chi connectivity index (χ0) is 29.1. The molecule has 1 aromatic carbocycles. The molecule has 1 aromatic rings. The normalized spacial score (nSPS) is 19.1. The summed E-state index contributed by atoms with van der Waals surface area (Å²) in [5, 5.41) is 12.2. The Hall–Kier alpha value is -2.96. The number of carbonyl (C=O) groups excluding carboxylic acids is 3. The van der Waals surface area contributed by atoms with Crippen molar-refractivity contribution in [2.45, 2.75) is 55.9 Å². The van der Waals surface area contributed by atoms with Crippen LogP contribution in [0.25, 0.3) is 5.53 Å². The summed E-state index contributed by atoms with van der Waals surface area (Å²) in [5.41, 5.74) is 9.75. The molecule has 226 valence electrons. The SMILES string of the molecule is [N-]=[N+]=Cc1cccc(C(=O)NCCCOCCOCCOCCCNC(=O)CCCCC2SC[C@@H]3NC(=O)N[C@H]23)c1. The van der Waals surface area contributed by atoms with Crippen molar-refractivity contribution in [3.8, 4) is 0 Å². The molecular formula is C28H42N6O6S. The van der Waals surface area contributed by atoms with Crippen LogP contribution in [0.15, 0.2) is 24.3 Å². The molecule has 2 heterocycles. The smallest absolute Gasteiger partial charge is 0.315 e. The van der Waals surface area contributed by atoms with Crippen molar-refractivity contribution >= 4 is 35.8 Å². The number of unbranched alkanes of at least 4 members (excludes halogenated alkanes) is 1. The highest BCUT2D eigenvalue weighted by Gasteiger charge is 2.42. The van der Waals surface area contributed by atoms with Gasteiger partial charge in [-0.15, -0.1) is 0 Å². The van der Waals surface area contributed by atoms with Crippen LogP contribution in [-0.4, -0.2) is 105 Å². The lowest BCUT2D eigenvalue weighted by Gasteiger charge is -2.16. The summed E-state index contributed by atoms with van der Waals surface area (Å²) in [7, 11) is 0. The second-order valence-electron chi connectivity index (χ2n) is 9.89. The van der Waals surface area contributed by atoms with Gasteiger partial charge in [0.2, 0.25) is 5.91 Å². The van der Waals surface area contributed by atoms with Crippen molar-refractivity contribution in [1.29, 1.82) is 0 Å². The van der Waals surface area contributed by atoms with Crippen molar-refractivity contribution in [2.75, 3.05) is 58.5 Å². The van der Waals surface area contributed by atoms with Gasteiger partial charge in [0.25, 0.3) is 12.1 Å². The number of nitrogens with one attached hydrogen (secondary N) is 4. The predicted octanol–water partition coefficient (Wildman–Crippen LogP) is 1.74. The molecule has 2 fully saturated rings. The quantitative estimate of drug-likeness (QED) is 0.0557. The highest BCUT2D eigenvalue weighted by atomic mass is 32.2. The minimum absolute atomic E-state index is 0.0599. The van der Waals surface area contributed by atoms with E-state index in [4.69, 9.17) is 19.7 Å². The second kappa shape index (κ2) is 19.2. The Morgan fingerprint density at radius 3 is 2.41 bits per heavy atom. The van der Waals surface area contributed by atoms with E-state index in [1.165, 1.54) is 6.21 Å². The van der Waals surface area contributed by atoms with E-state index in [0.717, 1.165) is 31.4 Å². The molecule has 0 bridgehead atoms. The topological polar surface area (TPSA) is 163 Å². The number of hydrogen-bond donors (Lipinski definition) is 4. The summed E-state index contributed by atoms with van der Waals surface area (Å²) >= 11 is 1.90. The molecule has 2 aliphatic heterocycles. The number of rotatable bonds is 21. The first-order chi connectivity index (χ1) is 20.1. The highest BCUT2D eigenvalue weighted by molar-refractivity contribution is 8.00. The van der Waals surface area contributed by atoms with Gasteiger partial charge in [0.15, 0.2) is 0 Å². The van der Waals surface area contributed by atoms with Gasteiger partial charge in [-0.3, -0.25) is 9.59 Å². The molecule has 1 unspecified atom stereocenters. The van der Waals surface area contributed by atoms with Crippen LogP contribution in [0.5, 0.6) is 0 Å². The molecule has 4 amide bonds. The molecular weight excluding hydrogens is 548 g/mol. The van der Waals surface area contributed by atoms with E-state index >= 15 is 0 Å². The Balaban J connectivity index is 1.03. The third-order valence-electron chi connectivity index (χ3n) is 6.72. The molecule has 0 aliphatic carbocycles. The Morgan fingerprint density at radius 2 is 1.68 bits per heavy atom. The van der Waals surface area contributed by atoms with Crippen molar-refractivity contribution in [3.05, 3.63) is 40.9 Å². The fourth-order valence-electron chi connectivity index (χ4n) is 4.61. The number of urea groups is 1. The van der Waals surface area contributed by atoms with Gasteiger partial charge in [0.1, 0.15) is 0 Å². The van der Waals surface area contributed by atoms with E-state index in [2.05, 4.69) is 26.1 Å².